The van der Waals surface area contributed by atoms with Gasteiger partial charge in [-0.2, -0.15) is 0 Å². The number of halogens is 1. The van der Waals surface area contributed by atoms with Crippen LogP contribution in [0.4, 0.5) is 10.1 Å². The maximum Gasteiger partial charge on any atom is 0.336 e. The van der Waals surface area contributed by atoms with Crippen molar-refractivity contribution >= 4 is 16.7 Å². The Kier molecular flexibility index (Phi) is 4.60. The molecule has 0 N–H and O–H groups in total. The monoisotopic (exact) mass is 367 g/mol. The number of rotatable bonds is 4. The number of anilines is 1. The zero-order valence-electron chi connectivity index (χ0n) is 15.5. The zero-order valence-corrected chi connectivity index (χ0v) is 15.5. The fraction of sp³-hybridized carbons (Fsp3) is 0.318. The van der Waals surface area contributed by atoms with Gasteiger partial charge in [-0.15, -0.1) is 0 Å². The number of unbranched alkanes of at least 4 members (excludes halogenated alkanes) is 1. The first-order valence-corrected chi connectivity index (χ1v) is 9.29. The minimum absolute atomic E-state index is 0.246. The second-order valence-corrected chi connectivity index (χ2v) is 7.02. The van der Waals surface area contributed by atoms with E-state index in [0.717, 1.165) is 41.5 Å². The Morgan fingerprint density at radius 2 is 2.04 bits per heavy atom. The van der Waals surface area contributed by atoms with Crippen LogP contribution in [-0.4, -0.2) is 6.73 Å². The standard InChI is InChI=1S/C22H22FNO3/c1-3-4-5-15-10-21(25)27-22-17(15)8-9-20-18(22)12-24(13-26-20)16-7-6-14(2)19(23)11-16/h6-11H,3-5,12-13H2,1-2H3. The largest absolute Gasteiger partial charge is 0.473 e. The van der Waals surface area contributed by atoms with Crippen molar-refractivity contribution in [3.63, 3.8) is 0 Å². The summed E-state index contributed by atoms with van der Waals surface area (Å²) in [6, 6.07) is 10.6. The summed E-state index contributed by atoms with van der Waals surface area (Å²) in [7, 11) is 0. The summed E-state index contributed by atoms with van der Waals surface area (Å²) in [4.78, 5) is 14.0. The normalized spacial score (nSPS) is 13.5. The van der Waals surface area contributed by atoms with Crippen molar-refractivity contribution < 1.29 is 13.5 Å². The lowest BCUT2D eigenvalue weighted by molar-refractivity contribution is 0.289. The van der Waals surface area contributed by atoms with Gasteiger partial charge < -0.3 is 14.1 Å². The fourth-order valence-electron chi connectivity index (χ4n) is 3.52. The van der Waals surface area contributed by atoms with Gasteiger partial charge in [0.1, 0.15) is 17.1 Å². The summed E-state index contributed by atoms with van der Waals surface area (Å²) in [5, 5.41) is 0.947. The van der Waals surface area contributed by atoms with E-state index in [-0.39, 0.29) is 11.4 Å². The smallest absolute Gasteiger partial charge is 0.336 e. The summed E-state index contributed by atoms with van der Waals surface area (Å²) in [5.74, 6) is 0.465. The Morgan fingerprint density at radius 1 is 1.19 bits per heavy atom. The minimum Gasteiger partial charge on any atom is -0.473 e. The lowest BCUT2D eigenvalue weighted by Gasteiger charge is -2.31. The van der Waals surface area contributed by atoms with Crippen molar-refractivity contribution in [1.29, 1.82) is 0 Å². The molecule has 3 aromatic rings. The van der Waals surface area contributed by atoms with E-state index >= 15 is 0 Å². The highest BCUT2D eigenvalue weighted by Crippen LogP contribution is 2.35. The molecule has 0 bridgehead atoms. The van der Waals surface area contributed by atoms with E-state index in [2.05, 4.69) is 6.92 Å². The molecule has 1 aliphatic heterocycles. The molecule has 1 aliphatic rings. The lowest BCUT2D eigenvalue weighted by atomic mass is 10.0. The van der Waals surface area contributed by atoms with Crippen LogP contribution in [0.25, 0.3) is 11.0 Å². The maximum atomic E-state index is 14.0. The van der Waals surface area contributed by atoms with Crippen molar-refractivity contribution in [3.05, 3.63) is 69.3 Å². The Morgan fingerprint density at radius 3 is 2.81 bits per heavy atom. The van der Waals surface area contributed by atoms with Crippen LogP contribution in [0.15, 0.2) is 45.6 Å². The van der Waals surface area contributed by atoms with E-state index in [1.54, 1.807) is 19.1 Å². The molecule has 2 aromatic carbocycles. The highest BCUT2D eigenvalue weighted by atomic mass is 19.1. The van der Waals surface area contributed by atoms with Crippen LogP contribution in [0, 0.1) is 12.7 Å². The van der Waals surface area contributed by atoms with Crippen LogP contribution < -0.4 is 15.3 Å². The van der Waals surface area contributed by atoms with E-state index in [1.807, 2.05) is 23.1 Å². The first-order chi connectivity index (χ1) is 13.1. The topological polar surface area (TPSA) is 42.7 Å². The molecule has 4 rings (SSSR count). The first kappa shape index (κ1) is 17.6. The zero-order chi connectivity index (χ0) is 19.0. The number of hydrogen-bond donors (Lipinski definition) is 0. The third kappa shape index (κ3) is 3.29. The lowest BCUT2D eigenvalue weighted by Crippen LogP contribution is -2.32. The Bertz CT molecular complexity index is 1060. The fourth-order valence-corrected chi connectivity index (χ4v) is 3.52. The molecule has 1 aromatic heterocycles. The van der Waals surface area contributed by atoms with Crippen LogP contribution >= 0.6 is 0 Å². The van der Waals surface area contributed by atoms with E-state index in [1.165, 1.54) is 6.07 Å². The molecule has 4 nitrogen and oxygen atoms in total. The molecular formula is C22H22FNO3. The third-order valence-corrected chi connectivity index (χ3v) is 5.10. The number of benzene rings is 2. The van der Waals surface area contributed by atoms with Gasteiger partial charge in [-0.05, 0) is 55.2 Å². The van der Waals surface area contributed by atoms with Crippen molar-refractivity contribution in [2.45, 2.75) is 39.7 Å². The SMILES string of the molecule is CCCCc1cc(=O)oc2c3c(ccc12)OCN(c1ccc(C)c(F)c1)C3. The number of aryl methyl sites for hydroxylation is 2. The second kappa shape index (κ2) is 7.06. The van der Waals surface area contributed by atoms with Gasteiger partial charge in [-0.1, -0.05) is 19.4 Å². The molecule has 0 saturated carbocycles. The summed E-state index contributed by atoms with van der Waals surface area (Å²) in [6.07, 6.45) is 2.91. The maximum absolute atomic E-state index is 14.0. The van der Waals surface area contributed by atoms with Gasteiger partial charge in [0.05, 0.1) is 12.1 Å². The van der Waals surface area contributed by atoms with E-state index in [9.17, 15) is 9.18 Å². The highest BCUT2D eigenvalue weighted by molar-refractivity contribution is 5.85. The van der Waals surface area contributed by atoms with Gasteiger partial charge in [0.2, 0.25) is 0 Å². The van der Waals surface area contributed by atoms with Gasteiger partial charge in [-0.3, -0.25) is 0 Å². The molecule has 140 valence electrons. The van der Waals surface area contributed by atoms with Gasteiger partial charge in [0.15, 0.2) is 6.73 Å². The first-order valence-electron chi connectivity index (χ1n) is 9.29. The molecule has 0 atom stereocenters. The Balaban J connectivity index is 1.78. The van der Waals surface area contributed by atoms with Crippen LogP contribution in [0.1, 0.15) is 36.5 Å². The quantitative estimate of drug-likeness (QED) is 0.613. The number of ether oxygens (including phenoxy) is 1. The predicted molar refractivity (Wildman–Crippen MR) is 104 cm³/mol. The van der Waals surface area contributed by atoms with Crippen molar-refractivity contribution in [2.75, 3.05) is 11.6 Å². The molecular weight excluding hydrogens is 345 g/mol. The molecule has 0 spiro atoms. The molecule has 5 heteroatoms. The van der Waals surface area contributed by atoms with Gasteiger partial charge in [0, 0.05) is 17.1 Å². The molecule has 0 fully saturated rings. The molecule has 0 saturated heterocycles. The highest BCUT2D eigenvalue weighted by Gasteiger charge is 2.23. The average molecular weight is 367 g/mol. The average Bonchev–Trinajstić information content (AvgIpc) is 2.67. The van der Waals surface area contributed by atoms with Gasteiger partial charge >= 0.3 is 5.63 Å². The number of nitrogens with zero attached hydrogens (tertiary/aromatic N) is 1. The second-order valence-electron chi connectivity index (χ2n) is 7.02. The Hall–Kier alpha value is -2.82. The van der Waals surface area contributed by atoms with Crippen molar-refractivity contribution in [3.8, 4) is 5.75 Å². The third-order valence-electron chi connectivity index (χ3n) is 5.10. The summed E-state index contributed by atoms with van der Waals surface area (Å²) < 4.78 is 25.4. The molecule has 0 aliphatic carbocycles. The van der Waals surface area contributed by atoms with E-state index in [0.29, 0.717) is 30.2 Å². The van der Waals surface area contributed by atoms with Crippen molar-refractivity contribution in [2.24, 2.45) is 0 Å². The summed E-state index contributed by atoms with van der Waals surface area (Å²) in [6.45, 7) is 4.68. The minimum atomic E-state index is -0.347. The Labute approximate surface area is 157 Å². The van der Waals surface area contributed by atoms with Gasteiger partial charge in [-0.25, -0.2) is 9.18 Å². The van der Waals surface area contributed by atoms with E-state index in [4.69, 9.17) is 9.15 Å². The molecule has 27 heavy (non-hydrogen) atoms. The van der Waals surface area contributed by atoms with Gasteiger partial charge in [0.25, 0.3) is 0 Å². The number of fused-ring (bicyclic) bond motifs is 3. The van der Waals surface area contributed by atoms with Crippen LogP contribution in [0.2, 0.25) is 0 Å². The van der Waals surface area contributed by atoms with Crippen LogP contribution in [-0.2, 0) is 13.0 Å². The van der Waals surface area contributed by atoms with Crippen LogP contribution in [0.5, 0.6) is 5.75 Å². The molecule has 0 radical (unpaired) electrons. The van der Waals surface area contributed by atoms with Crippen LogP contribution in [0.3, 0.4) is 0 Å². The number of hydrogen-bond acceptors (Lipinski definition) is 4. The molecule has 2 heterocycles. The predicted octanol–water partition coefficient (Wildman–Crippen LogP) is 4.94. The molecule has 0 unspecified atom stereocenters. The summed E-state index contributed by atoms with van der Waals surface area (Å²) in [5.41, 5.74) is 3.41. The molecule has 0 amide bonds. The van der Waals surface area contributed by atoms with E-state index < -0.39 is 0 Å². The summed E-state index contributed by atoms with van der Waals surface area (Å²) >= 11 is 0. The van der Waals surface area contributed by atoms with Crippen molar-refractivity contribution in [1.82, 2.24) is 0 Å².